The molecule has 0 radical (unpaired) electrons. The topological polar surface area (TPSA) is 139 Å². The van der Waals surface area contributed by atoms with Gasteiger partial charge >= 0.3 is 19.5 Å². The summed E-state index contributed by atoms with van der Waals surface area (Å²) in [6.45, 7) is 3.55. The maximum absolute atomic E-state index is 12.1. The molecule has 0 aromatic heterocycles. The first-order valence-corrected chi connectivity index (χ1v) is 8.09. The summed E-state index contributed by atoms with van der Waals surface area (Å²) >= 11 is 0. The second-order valence-corrected chi connectivity index (χ2v) is 6.16. The third-order valence-corrected chi connectivity index (χ3v) is 4.35. The SMILES string of the molecule is CCOP(=O)(CCC(=O)NC(CC(=O)O)C(=O)O)OCC. The highest BCUT2D eigenvalue weighted by molar-refractivity contribution is 7.53. The van der Waals surface area contributed by atoms with Crippen molar-refractivity contribution in [3.63, 3.8) is 0 Å². The van der Waals surface area contributed by atoms with Gasteiger partial charge in [0.2, 0.25) is 5.91 Å². The number of carboxylic acids is 2. The van der Waals surface area contributed by atoms with Crippen molar-refractivity contribution >= 4 is 25.4 Å². The zero-order valence-electron chi connectivity index (χ0n) is 11.9. The van der Waals surface area contributed by atoms with Crippen molar-refractivity contribution in [1.82, 2.24) is 5.32 Å². The van der Waals surface area contributed by atoms with Crippen LogP contribution < -0.4 is 5.32 Å². The third kappa shape index (κ3) is 8.44. The molecule has 1 unspecified atom stereocenters. The molecule has 10 heteroatoms. The molecule has 0 bridgehead atoms. The average molecular weight is 325 g/mol. The third-order valence-electron chi connectivity index (χ3n) is 2.28. The van der Waals surface area contributed by atoms with Gasteiger partial charge in [0.15, 0.2) is 0 Å². The molecule has 0 aliphatic heterocycles. The van der Waals surface area contributed by atoms with E-state index >= 15 is 0 Å². The van der Waals surface area contributed by atoms with Gasteiger partial charge in [-0.3, -0.25) is 14.2 Å². The van der Waals surface area contributed by atoms with Gasteiger partial charge in [-0.2, -0.15) is 0 Å². The lowest BCUT2D eigenvalue weighted by molar-refractivity contribution is -0.147. The molecule has 0 heterocycles. The molecular weight excluding hydrogens is 305 g/mol. The van der Waals surface area contributed by atoms with Crippen LogP contribution in [-0.4, -0.2) is 53.5 Å². The zero-order valence-corrected chi connectivity index (χ0v) is 12.8. The van der Waals surface area contributed by atoms with E-state index in [1.165, 1.54) is 0 Å². The van der Waals surface area contributed by atoms with Crippen molar-refractivity contribution in [3.8, 4) is 0 Å². The molecule has 1 atom stereocenters. The molecule has 0 spiro atoms. The first-order valence-electron chi connectivity index (χ1n) is 6.36. The van der Waals surface area contributed by atoms with Crippen LogP contribution in [0.2, 0.25) is 0 Å². The highest BCUT2D eigenvalue weighted by Gasteiger charge is 2.27. The minimum absolute atomic E-state index is 0.148. The summed E-state index contributed by atoms with van der Waals surface area (Å²) in [7, 11) is -3.39. The van der Waals surface area contributed by atoms with Gasteiger partial charge in [0, 0.05) is 6.42 Å². The number of carbonyl (C=O) groups is 3. The van der Waals surface area contributed by atoms with Crippen LogP contribution in [-0.2, 0) is 28.0 Å². The van der Waals surface area contributed by atoms with Crippen LogP contribution in [0.4, 0.5) is 0 Å². The number of hydrogen-bond acceptors (Lipinski definition) is 6. The van der Waals surface area contributed by atoms with E-state index < -0.39 is 37.9 Å². The predicted molar refractivity (Wildman–Crippen MR) is 72.2 cm³/mol. The molecule has 0 fully saturated rings. The Balaban J connectivity index is 4.49. The number of rotatable bonds is 11. The number of carbonyl (C=O) groups excluding carboxylic acids is 1. The lowest BCUT2D eigenvalue weighted by Crippen LogP contribution is -2.42. The Hall–Kier alpha value is -1.44. The van der Waals surface area contributed by atoms with E-state index in [0.29, 0.717) is 0 Å². The van der Waals surface area contributed by atoms with E-state index in [9.17, 15) is 18.9 Å². The lowest BCUT2D eigenvalue weighted by Gasteiger charge is -2.17. The number of aliphatic carboxylic acids is 2. The van der Waals surface area contributed by atoms with Gasteiger partial charge < -0.3 is 24.6 Å². The molecule has 3 N–H and O–H groups in total. The van der Waals surface area contributed by atoms with Gasteiger partial charge in [0.1, 0.15) is 6.04 Å². The van der Waals surface area contributed by atoms with E-state index in [1.54, 1.807) is 13.8 Å². The Bertz CT molecular complexity index is 414. The first-order chi connectivity index (χ1) is 9.74. The van der Waals surface area contributed by atoms with Gasteiger partial charge in [-0.1, -0.05) is 0 Å². The van der Waals surface area contributed by atoms with Crippen molar-refractivity contribution in [3.05, 3.63) is 0 Å². The predicted octanol–water partition coefficient (Wildman–Crippen LogP) is 0.687. The molecule has 0 saturated heterocycles. The summed E-state index contributed by atoms with van der Waals surface area (Å²) in [4.78, 5) is 32.9. The standard InChI is InChI=1S/C11H20NO8P/c1-3-19-21(18,20-4-2)6-5-9(13)12-8(11(16)17)7-10(14)15/h8H,3-7H2,1-2H3,(H,12,13)(H,14,15)(H,16,17). The highest BCUT2D eigenvalue weighted by atomic mass is 31.2. The average Bonchev–Trinajstić information content (AvgIpc) is 2.35. The molecule has 21 heavy (non-hydrogen) atoms. The molecule has 0 aliphatic carbocycles. The van der Waals surface area contributed by atoms with Crippen LogP contribution >= 0.6 is 7.60 Å². The van der Waals surface area contributed by atoms with Crippen molar-refractivity contribution in [2.45, 2.75) is 32.7 Å². The zero-order chi connectivity index (χ0) is 16.5. The quantitative estimate of drug-likeness (QED) is 0.471. The molecule has 0 aromatic carbocycles. The van der Waals surface area contributed by atoms with Gasteiger partial charge in [-0.25, -0.2) is 4.79 Å². The maximum Gasteiger partial charge on any atom is 0.331 e. The summed E-state index contributed by atoms with van der Waals surface area (Å²) in [5.41, 5.74) is 0. The fraction of sp³-hybridized carbons (Fsp3) is 0.727. The molecule has 122 valence electrons. The van der Waals surface area contributed by atoms with Crippen LogP contribution in [0.15, 0.2) is 0 Å². The smallest absolute Gasteiger partial charge is 0.331 e. The van der Waals surface area contributed by atoms with Crippen molar-refractivity contribution < 1.29 is 38.2 Å². The first kappa shape index (κ1) is 19.6. The van der Waals surface area contributed by atoms with Crippen LogP contribution in [0.5, 0.6) is 0 Å². The summed E-state index contributed by atoms with van der Waals surface area (Å²) in [5, 5.41) is 19.4. The second kappa shape index (κ2) is 9.49. The van der Waals surface area contributed by atoms with Crippen molar-refractivity contribution in [2.24, 2.45) is 0 Å². The maximum atomic E-state index is 12.1. The minimum atomic E-state index is -3.39. The molecule has 9 nitrogen and oxygen atoms in total. The Morgan fingerprint density at radius 2 is 1.67 bits per heavy atom. The molecule has 1 amide bonds. The summed E-state index contributed by atoms with van der Waals surface area (Å²) < 4.78 is 22.0. The summed E-state index contributed by atoms with van der Waals surface area (Å²) in [5.74, 6) is -3.54. The highest BCUT2D eigenvalue weighted by Crippen LogP contribution is 2.48. The van der Waals surface area contributed by atoms with Gasteiger partial charge in [0.25, 0.3) is 0 Å². The summed E-state index contributed by atoms with van der Waals surface area (Å²) in [6.07, 6.45) is -1.24. The molecular formula is C11H20NO8P. The van der Waals surface area contributed by atoms with E-state index in [4.69, 9.17) is 19.3 Å². The summed E-state index contributed by atoms with van der Waals surface area (Å²) in [6, 6.07) is -1.53. The van der Waals surface area contributed by atoms with Gasteiger partial charge in [0.05, 0.1) is 25.8 Å². The van der Waals surface area contributed by atoms with E-state index in [-0.39, 0.29) is 25.8 Å². The fourth-order valence-electron chi connectivity index (χ4n) is 1.44. The fourth-order valence-corrected chi connectivity index (χ4v) is 3.04. The molecule has 0 saturated carbocycles. The minimum Gasteiger partial charge on any atom is -0.481 e. The van der Waals surface area contributed by atoms with Gasteiger partial charge in [-0.15, -0.1) is 0 Å². The Kier molecular flexibility index (Phi) is 8.84. The van der Waals surface area contributed by atoms with Crippen LogP contribution in [0.1, 0.15) is 26.7 Å². The van der Waals surface area contributed by atoms with Gasteiger partial charge in [-0.05, 0) is 13.8 Å². The number of amides is 1. The molecule has 0 rings (SSSR count). The Labute approximate surface area is 122 Å². The molecule has 0 aromatic rings. The number of hydrogen-bond donors (Lipinski definition) is 3. The Morgan fingerprint density at radius 3 is 2.05 bits per heavy atom. The van der Waals surface area contributed by atoms with Crippen molar-refractivity contribution in [1.29, 1.82) is 0 Å². The Morgan fingerprint density at radius 1 is 1.14 bits per heavy atom. The number of nitrogens with one attached hydrogen (secondary N) is 1. The van der Waals surface area contributed by atoms with E-state index in [1.807, 2.05) is 0 Å². The second-order valence-electron chi connectivity index (χ2n) is 3.98. The van der Waals surface area contributed by atoms with Crippen molar-refractivity contribution in [2.75, 3.05) is 19.4 Å². The van der Waals surface area contributed by atoms with E-state index in [2.05, 4.69) is 5.32 Å². The largest absolute Gasteiger partial charge is 0.481 e. The monoisotopic (exact) mass is 325 g/mol. The number of carboxylic acid groups (broad SMARTS) is 2. The lowest BCUT2D eigenvalue weighted by atomic mass is 10.2. The van der Waals surface area contributed by atoms with Crippen LogP contribution in [0, 0.1) is 0 Å². The normalized spacial score (nSPS) is 12.7. The van der Waals surface area contributed by atoms with E-state index in [0.717, 1.165) is 0 Å². The molecule has 0 aliphatic rings. The van der Waals surface area contributed by atoms with Crippen LogP contribution in [0.25, 0.3) is 0 Å². The van der Waals surface area contributed by atoms with Crippen LogP contribution in [0.3, 0.4) is 0 Å².